The lowest BCUT2D eigenvalue weighted by molar-refractivity contribution is -0.143. The van der Waals surface area contributed by atoms with Crippen LogP contribution >= 0.6 is 0 Å². The summed E-state index contributed by atoms with van der Waals surface area (Å²) in [6.07, 6.45) is 5.22. The summed E-state index contributed by atoms with van der Waals surface area (Å²) < 4.78 is 5.22. The molecule has 2 aliphatic rings. The maximum absolute atomic E-state index is 11.5. The molecule has 0 saturated heterocycles. The minimum absolute atomic E-state index is 0.0904. The Bertz CT molecular complexity index is 506. The molecule has 0 unspecified atom stereocenters. The SMILES string of the molecule is COc1cccc([C@@H]2[C@@H](C(=O)O)[C@@H]3C=C[C@H]2C3)c1. The largest absolute Gasteiger partial charge is 0.497 e. The molecular formula is C15H16O3. The van der Waals surface area contributed by atoms with Crippen molar-refractivity contribution in [3.63, 3.8) is 0 Å². The number of allylic oxidation sites excluding steroid dienone is 2. The highest BCUT2D eigenvalue weighted by molar-refractivity contribution is 5.73. The number of ether oxygens (including phenoxy) is 1. The van der Waals surface area contributed by atoms with Crippen molar-refractivity contribution in [3.8, 4) is 5.75 Å². The topological polar surface area (TPSA) is 46.5 Å². The summed E-state index contributed by atoms with van der Waals surface area (Å²) in [6, 6.07) is 7.80. The third kappa shape index (κ3) is 1.62. The van der Waals surface area contributed by atoms with Gasteiger partial charge >= 0.3 is 5.97 Å². The first kappa shape index (κ1) is 11.3. The zero-order chi connectivity index (χ0) is 12.7. The number of rotatable bonds is 3. The van der Waals surface area contributed by atoms with E-state index in [1.54, 1.807) is 7.11 Å². The fourth-order valence-electron chi connectivity index (χ4n) is 3.46. The molecule has 0 amide bonds. The van der Waals surface area contributed by atoms with E-state index in [-0.39, 0.29) is 17.8 Å². The highest BCUT2D eigenvalue weighted by Gasteiger charge is 2.48. The molecular weight excluding hydrogens is 228 g/mol. The summed E-state index contributed by atoms with van der Waals surface area (Å²) >= 11 is 0. The Hall–Kier alpha value is -1.77. The van der Waals surface area contributed by atoms with Crippen molar-refractivity contribution in [1.82, 2.24) is 0 Å². The van der Waals surface area contributed by atoms with Gasteiger partial charge in [-0.05, 0) is 36.0 Å². The predicted molar refractivity (Wildman–Crippen MR) is 67.6 cm³/mol. The quantitative estimate of drug-likeness (QED) is 0.831. The van der Waals surface area contributed by atoms with Crippen molar-refractivity contribution >= 4 is 5.97 Å². The first-order valence-corrected chi connectivity index (χ1v) is 6.26. The van der Waals surface area contributed by atoms with Crippen molar-refractivity contribution in [2.75, 3.05) is 7.11 Å². The van der Waals surface area contributed by atoms with Crippen LogP contribution in [0.1, 0.15) is 17.9 Å². The third-order valence-corrected chi connectivity index (χ3v) is 4.22. The Balaban J connectivity index is 1.99. The molecule has 3 nitrogen and oxygen atoms in total. The maximum Gasteiger partial charge on any atom is 0.307 e. The molecule has 4 atom stereocenters. The second kappa shape index (κ2) is 4.16. The Kier molecular flexibility index (Phi) is 2.62. The molecule has 1 fully saturated rings. The molecule has 3 heteroatoms. The molecule has 94 valence electrons. The molecule has 3 rings (SSSR count). The van der Waals surface area contributed by atoms with E-state index in [4.69, 9.17) is 4.74 Å². The van der Waals surface area contributed by atoms with E-state index >= 15 is 0 Å². The summed E-state index contributed by atoms with van der Waals surface area (Å²) in [4.78, 5) is 11.5. The Morgan fingerprint density at radius 3 is 2.83 bits per heavy atom. The van der Waals surface area contributed by atoms with Crippen LogP contribution < -0.4 is 4.74 Å². The van der Waals surface area contributed by atoms with Gasteiger partial charge in [0.05, 0.1) is 13.0 Å². The van der Waals surface area contributed by atoms with Crippen LogP contribution in [-0.4, -0.2) is 18.2 Å². The van der Waals surface area contributed by atoms with Gasteiger partial charge in [0.25, 0.3) is 0 Å². The lowest BCUT2D eigenvalue weighted by atomic mass is 9.78. The second-order valence-corrected chi connectivity index (χ2v) is 5.11. The van der Waals surface area contributed by atoms with Crippen LogP contribution in [0.2, 0.25) is 0 Å². The summed E-state index contributed by atoms with van der Waals surface area (Å²) in [5.74, 6) is 0.481. The van der Waals surface area contributed by atoms with Gasteiger partial charge in [-0.25, -0.2) is 0 Å². The van der Waals surface area contributed by atoms with E-state index in [0.717, 1.165) is 17.7 Å². The van der Waals surface area contributed by atoms with Gasteiger partial charge in [-0.15, -0.1) is 0 Å². The summed E-state index contributed by atoms with van der Waals surface area (Å²) in [5.41, 5.74) is 1.08. The number of carboxylic acids is 1. The molecule has 0 radical (unpaired) electrons. The summed E-state index contributed by atoms with van der Waals surface area (Å²) in [6.45, 7) is 0. The standard InChI is InChI=1S/C15H16O3/c1-18-12-4-2-3-9(8-12)13-10-5-6-11(7-10)14(13)15(16)17/h2-6,8,10-11,13-14H,7H2,1H3,(H,16,17)/t10-,11+,13-,14-/m0/s1. The molecule has 1 saturated carbocycles. The lowest BCUT2D eigenvalue weighted by Crippen LogP contribution is -2.25. The van der Waals surface area contributed by atoms with Gasteiger partial charge in [-0.2, -0.15) is 0 Å². The molecule has 1 aromatic carbocycles. The Labute approximate surface area is 106 Å². The van der Waals surface area contributed by atoms with Crippen LogP contribution in [0.5, 0.6) is 5.75 Å². The van der Waals surface area contributed by atoms with Gasteiger partial charge in [0.15, 0.2) is 0 Å². The summed E-state index contributed by atoms with van der Waals surface area (Å²) in [5, 5.41) is 9.43. The van der Waals surface area contributed by atoms with Gasteiger partial charge < -0.3 is 9.84 Å². The number of hydrogen-bond acceptors (Lipinski definition) is 2. The van der Waals surface area contributed by atoms with Crippen molar-refractivity contribution < 1.29 is 14.6 Å². The van der Waals surface area contributed by atoms with Crippen molar-refractivity contribution in [3.05, 3.63) is 42.0 Å². The van der Waals surface area contributed by atoms with Gasteiger partial charge in [0.2, 0.25) is 0 Å². The van der Waals surface area contributed by atoms with Gasteiger partial charge in [-0.1, -0.05) is 24.3 Å². The van der Waals surface area contributed by atoms with Crippen LogP contribution in [0.4, 0.5) is 0 Å². The van der Waals surface area contributed by atoms with E-state index < -0.39 is 5.97 Å². The molecule has 1 N–H and O–H groups in total. The van der Waals surface area contributed by atoms with Crippen LogP contribution in [-0.2, 0) is 4.79 Å². The van der Waals surface area contributed by atoms with Crippen LogP contribution in [0.3, 0.4) is 0 Å². The number of fused-ring (bicyclic) bond motifs is 2. The second-order valence-electron chi connectivity index (χ2n) is 5.11. The van der Waals surface area contributed by atoms with Crippen LogP contribution in [0.15, 0.2) is 36.4 Å². The molecule has 1 aromatic rings. The van der Waals surface area contributed by atoms with Crippen LogP contribution in [0.25, 0.3) is 0 Å². The molecule has 0 spiro atoms. The fourth-order valence-corrected chi connectivity index (χ4v) is 3.46. The van der Waals surface area contributed by atoms with Gasteiger partial charge in [0.1, 0.15) is 5.75 Å². The van der Waals surface area contributed by atoms with Crippen LogP contribution in [0, 0.1) is 17.8 Å². The fraction of sp³-hybridized carbons (Fsp3) is 0.400. The van der Waals surface area contributed by atoms with E-state index in [2.05, 4.69) is 12.2 Å². The minimum atomic E-state index is -0.681. The summed E-state index contributed by atoms with van der Waals surface area (Å²) in [7, 11) is 1.63. The van der Waals surface area contributed by atoms with E-state index in [0.29, 0.717) is 5.92 Å². The molecule has 2 bridgehead atoms. The first-order chi connectivity index (χ1) is 8.70. The molecule has 0 aromatic heterocycles. The smallest absolute Gasteiger partial charge is 0.307 e. The van der Waals surface area contributed by atoms with E-state index in [1.165, 1.54) is 0 Å². The average molecular weight is 244 g/mol. The lowest BCUT2D eigenvalue weighted by Gasteiger charge is -2.25. The number of methoxy groups -OCH3 is 1. The monoisotopic (exact) mass is 244 g/mol. The van der Waals surface area contributed by atoms with E-state index in [1.807, 2.05) is 24.3 Å². The highest BCUT2D eigenvalue weighted by atomic mass is 16.5. The maximum atomic E-state index is 11.5. The molecule has 0 heterocycles. The molecule has 18 heavy (non-hydrogen) atoms. The number of carbonyl (C=O) groups is 1. The number of aliphatic carboxylic acids is 1. The molecule has 0 aliphatic heterocycles. The molecule has 2 aliphatic carbocycles. The van der Waals surface area contributed by atoms with Gasteiger partial charge in [0, 0.05) is 5.92 Å². The highest BCUT2D eigenvalue weighted by Crippen LogP contribution is 2.53. The Morgan fingerprint density at radius 2 is 2.11 bits per heavy atom. The minimum Gasteiger partial charge on any atom is -0.497 e. The van der Waals surface area contributed by atoms with E-state index in [9.17, 15) is 9.90 Å². The van der Waals surface area contributed by atoms with Crippen molar-refractivity contribution in [2.24, 2.45) is 17.8 Å². The number of hydrogen-bond donors (Lipinski definition) is 1. The Morgan fingerprint density at radius 1 is 1.33 bits per heavy atom. The first-order valence-electron chi connectivity index (χ1n) is 6.26. The van der Waals surface area contributed by atoms with Crippen molar-refractivity contribution in [1.29, 1.82) is 0 Å². The zero-order valence-corrected chi connectivity index (χ0v) is 10.2. The van der Waals surface area contributed by atoms with Crippen molar-refractivity contribution in [2.45, 2.75) is 12.3 Å². The van der Waals surface area contributed by atoms with Gasteiger partial charge in [-0.3, -0.25) is 4.79 Å². The number of benzene rings is 1. The normalized spacial score (nSPS) is 32.7. The zero-order valence-electron chi connectivity index (χ0n) is 10.2. The number of carboxylic acid groups (broad SMARTS) is 1. The average Bonchev–Trinajstić information content (AvgIpc) is 2.98. The predicted octanol–water partition coefficient (Wildman–Crippen LogP) is 2.69. The third-order valence-electron chi connectivity index (χ3n) is 4.22.